The van der Waals surface area contributed by atoms with Crippen molar-refractivity contribution < 1.29 is 14.3 Å². The van der Waals surface area contributed by atoms with Crippen molar-refractivity contribution in [3.63, 3.8) is 0 Å². The Morgan fingerprint density at radius 1 is 1.38 bits per heavy atom. The van der Waals surface area contributed by atoms with Gasteiger partial charge in [0.25, 0.3) is 0 Å². The molecule has 1 saturated heterocycles. The molecule has 112 valence electrons. The Kier molecular flexibility index (Phi) is 5.59. The fourth-order valence-electron chi connectivity index (χ4n) is 2.57. The van der Waals surface area contributed by atoms with Gasteiger partial charge in [-0.05, 0) is 43.7 Å². The number of piperidine rings is 1. The lowest BCUT2D eigenvalue weighted by Gasteiger charge is -2.33. The van der Waals surface area contributed by atoms with Crippen LogP contribution < -0.4 is 4.74 Å². The Morgan fingerprint density at radius 2 is 2.14 bits per heavy atom. The molecule has 0 amide bonds. The van der Waals surface area contributed by atoms with Gasteiger partial charge in [0.2, 0.25) is 0 Å². The third kappa shape index (κ3) is 4.20. The summed E-state index contributed by atoms with van der Waals surface area (Å²) < 4.78 is 10.5. The van der Waals surface area contributed by atoms with Crippen molar-refractivity contribution in [1.82, 2.24) is 4.90 Å². The molecule has 0 spiro atoms. The van der Waals surface area contributed by atoms with Crippen molar-refractivity contribution in [1.29, 1.82) is 5.26 Å². The third-order valence-electron chi connectivity index (χ3n) is 3.72. The number of nitriles is 1. The molecular weight excluding hydrogens is 268 g/mol. The van der Waals surface area contributed by atoms with E-state index in [1.165, 1.54) is 7.11 Å². The van der Waals surface area contributed by atoms with E-state index in [-0.39, 0.29) is 12.0 Å². The molecule has 1 aromatic carbocycles. The van der Waals surface area contributed by atoms with Gasteiger partial charge in [-0.25, -0.2) is 0 Å². The maximum atomic E-state index is 11.7. The van der Waals surface area contributed by atoms with E-state index < -0.39 is 0 Å². The topological polar surface area (TPSA) is 62.6 Å². The molecule has 1 aromatic rings. The minimum absolute atomic E-state index is 0.145. The summed E-state index contributed by atoms with van der Waals surface area (Å²) in [7, 11) is 1.43. The highest BCUT2D eigenvalue weighted by Gasteiger charge is 2.28. The fraction of sp³-hybridized carbons (Fsp3) is 0.500. The lowest BCUT2D eigenvalue weighted by atomic mass is 10.0. The maximum absolute atomic E-state index is 11.7. The summed E-state index contributed by atoms with van der Waals surface area (Å²) in [6.45, 7) is 2.11. The van der Waals surface area contributed by atoms with E-state index in [1.807, 2.05) is 0 Å². The van der Waals surface area contributed by atoms with Crippen molar-refractivity contribution in [2.45, 2.75) is 25.3 Å². The van der Waals surface area contributed by atoms with Crippen molar-refractivity contribution in [3.05, 3.63) is 29.8 Å². The summed E-state index contributed by atoms with van der Waals surface area (Å²) >= 11 is 0. The van der Waals surface area contributed by atoms with Gasteiger partial charge in [-0.1, -0.05) is 6.42 Å². The number of esters is 1. The highest BCUT2D eigenvalue weighted by atomic mass is 16.5. The van der Waals surface area contributed by atoms with Crippen LogP contribution in [0.25, 0.3) is 0 Å². The monoisotopic (exact) mass is 288 g/mol. The second-order valence-corrected chi connectivity index (χ2v) is 5.06. The SMILES string of the molecule is COC(=O)[C@H]1CCCCN1CCOc1ccc(C#N)cc1. The van der Waals surface area contributed by atoms with Gasteiger partial charge in [-0.15, -0.1) is 0 Å². The molecule has 1 fully saturated rings. The maximum Gasteiger partial charge on any atom is 0.323 e. The van der Waals surface area contributed by atoms with Gasteiger partial charge >= 0.3 is 5.97 Å². The Morgan fingerprint density at radius 3 is 2.81 bits per heavy atom. The zero-order valence-corrected chi connectivity index (χ0v) is 12.2. The Labute approximate surface area is 125 Å². The number of methoxy groups -OCH3 is 1. The van der Waals surface area contributed by atoms with Crippen LogP contribution in [-0.4, -0.2) is 43.7 Å². The first-order valence-corrected chi connectivity index (χ1v) is 7.19. The number of rotatable bonds is 5. The second-order valence-electron chi connectivity index (χ2n) is 5.06. The first kappa shape index (κ1) is 15.3. The van der Waals surface area contributed by atoms with Crippen LogP contribution in [0.4, 0.5) is 0 Å². The van der Waals surface area contributed by atoms with Gasteiger partial charge < -0.3 is 9.47 Å². The predicted octanol–water partition coefficient (Wildman–Crippen LogP) is 1.96. The zero-order valence-electron chi connectivity index (χ0n) is 12.2. The van der Waals surface area contributed by atoms with E-state index in [9.17, 15) is 4.79 Å². The normalized spacial score (nSPS) is 18.8. The number of nitrogens with zero attached hydrogens (tertiary/aromatic N) is 2. The predicted molar refractivity (Wildman–Crippen MR) is 77.9 cm³/mol. The van der Waals surface area contributed by atoms with Crippen LogP contribution in [0.1, 0.15) is 24.8 Å². The van der Waals surface area contributed by atoms with Crippen LogP contribution in [0, 0.1) is 11.3 Å². The van der Waals surface area contributed by atoms with E-state index in [0.717, 1.165) is 31.6 Å². The standard InChI is InChI=1S/C16H20N2O3/c1-20-16(19)15-4-2-3-9-18(15)10-11-21-14-7-5-13(12-17)6-8-14/h5-8,15H,2-4,9-11H2,1H3/t15-/m1/s1. The van der Waals surface area contributed by atoms with Gasteiger partial charge in [-0.2, -0.15) is 5.26 Å². The third-order valence-corrected chi connectivity index (χ3v) is 3.72. The number of ether oxygens (including phenoxy) is 2. The molecule has 1 heterocycles. The molecule has 1 atom stereocenters. The van der Waals surface area contributed by atoms with Crippen LogP contribution >= 0.6 is 0 Å². The van der Waals surface area contributed by atoms with Gasteiger partial charge in [0.15, 0.2) is 0 Å². The first-order valence-electron chi connectivity index (χ1n) is 7.19. The molecule has 0 aromatic heterocycles. The molecule has 0 aliphatic carbocycles. The molecule has 2 rings (SSSR count). The molecular formula is C16H20N2O3. The van der Waals surface area contributed by atoms with Crippen molar-refractivity contribution >= 4 is 5.97 Å². The molecule has 0 unspecified atom stereocenters. The van der Waals surface area contributed by atoms with E-state index in [2.05, 4.69) is 11.0 Å². The molecule has 21 heavy (non-hydrogen) atoms. The van der Waals surface area contributed by atoms with Gasteiger partial charge in [-0.3, -0.25) is 9.69 Å². The lowest BCUT2D eigenvalue weighted by molar-refractivity contribution is -0.148. The smallest absolute Gasteiger partial charge is 0.323 e. The summed E-state index contributed by atoms with van der Waals surface area (Å²) in [5, 5.41) is 8.74. The summed E-state index contributed by atoms with van der Waals surface area (Å²) in [5.41, 5.74) is 0.615. The molecule has 5 heteroatoms. The van der Waals surface area contributed by atoms with E-state index in [4.69, 9.17) is 14.7 Å². The number of carbonyl (C=O) groups is 1. The van der Waals surface area contributed by atoms with Crippen molar-refractivity contribution in [3.8, 4) is 11.8 Å². The molecule has 1 aliphatic heterocycles. The number of hydrogen-bond donors (Lipinski definition) is 0. The van der Waals surface area contributed by atoms with Crippen LogP contribution in [-0.2, 0) is 9.53 Å². The molecule has 0 radical (unpaired) electrons. The van der Waals surface area contributed by atoms with Gasteiger partial charge in [0.05, 0.1) is 18.7 Å². The summed E-state index contributed by atoms with van der Waals surface area (Å²) in [6.07, 6.45) is 3.01. The fourth-order valence-corrected chi connectivity index (χ4v) is 2.57. The summed E-state index contributed by atoms with van der Waals surface area (Å²) in [6, 6.07) is 8.95. The van der Waals surface area contributed by atoms with Crippen molar-refractivity contribution in [2.24, 2.45) is 0 Å². The first-order chi connectivity index (χ1) is 10.2. The average molecular weight is 288 g/mol. The second kappa shape index (κ2) is 7.65. The number of likely N-dealkylation sites (tertiary alicyclic amines) is 1. The number of carbonyl (C=O) groups excluding carboxylic acids is 1. The molecule has 0 N–H and O–H groups in total. The molecule has 1 aliphatic rings. The largest absolute Gasteiger partial charge is 0.492 e. The lowest BCUT2D eigenvalue weighted by Crippen LogP contribution is -2.46. The molecule has 5 nitrogen and oxygen atoms in total. The summed E-state index contributed by atoms with van der Waals surface area (Å²) in [4.78, 5) is 13.9. The Balaban J connectivity index is 1.83. The van der Waals surface area contributed by atoms with E-state index in [0.29, 0.717) is 18.7 Å². The molecule has 0 bridgehead atoms. The average Bonchev–Trinajstić information content (AvgIpc) is 2.55. The van der Waals surface area contributed by atoms with Crippen LogP contribution in [0.2, 0.25) is 0 Å². The molecule has 0 saturated carbocycles. The quantitative estimate of drug-likeness (QED) is 0.775. The number of benzene rings is 1. The van der Waals surface area contributed by atoms with Crippen LogP contribution in [0.3, 0.4) is 0 Å². The van der Waals surface area contributed by atoms with E-state index >= 15 is 0 Å². The minimum atomic E-state index is -0.159. The summed E-state index contributed by atoms with van der Waals surface area (Å²) in [5.74, 6) is 0.578. The van der Waals surface area contributed by atoms with Gasteiger partial charge in [0, 0.05) is 6.54 Å². The highest BCUT2D eigenvalue weighted by molar-refractivity contribution is 5.75. The van der Waals surface area contributed by atoms with Crippen LogP contribution in [0.15, 0.2) is 24.3 Å². The number of hydrogen-bond acceptors (Lipinski definition) is 5. The van der Waals surface area contributed by atoms with Gasteiger partial charge in [0.1, 0.15) is 18.4 Å². The Hall–Kier alpha value is -2.06. The highest BCUT2D eigenvalue weighted by Crippen LogP contribution is 2.18. The van der Waals surface area contributed by atoms with E-state index in [1.54, 1.807) is 24.3 Å². The van der Waals surface area contributed by atoms with Crippen molar-refractivity contribution in [2.75, 3.05) is 26.8 Å². The van der Waals surface area contributed by atoms with Crippen LogP contribution in [0.5, 0.6) is 5.75 Å². The minimum Gasteiger partial charge on any atom is -0.492 e. The Bertz CT molecular complexity index is 507. The zero-order chi connectivity index (χ0) is 15.1.